The van der Waals surface area contributed by atoms with Crippen molar-refractivity contribution in [1.29, 1.82) is 0 Å². The summed E-state index contributed by atoms with van der Waals surface area (Å²) >= 11 is 0. The predicted octanol–water partition coefficient (Wildman–Crippen LogP) is 2.23. The number of nitrogens with two attached hydrogens (primary N) is 1. The highest BCUT2D eigenvalue weighted by Crippen LogP contribution is 2.24. The molecule has 2 atom stereocenters. The first-order valence-electron chi connectivity index (χ1n) is 4.91. The van der Waals surface area contributed by atoms with Crippen LogP contribution in [0.2, 0.25) is 0 Å². The molecule has 0 aliphatic carbocycles. The van der Waals surface area contributed by atoms with Crippen LogP contribution in [0, 0.1) is 0 Å². The normalized spacial score (nSPS) is 25.3. The highest BCUT2D eigenvalue weighted by molar-refractivity contribution is 4.73. The number of halogens is 3. The van der Waals surface area contributed by atoms with Gasteiger partial charge in [-0.2, -0.15) is 13.2 Å². The van der Waals surface area contributed by atoms with Gasteiger partial charge in [-0.05, 0) is 25.7 Å². The van der Waals surface area contributed by atoms with Crippen LogP contribution in [0.3, 0.4) is 0 Å². The molecule has 0 amide bonds. The van der Waals surface area contributed by atoms with Gasteiger partial charge in [-0.3, -0.25) is 0 Å². The summed E-state index contributed by atoms with van der Waals surface area (Å²) in [5.74, 6) is 0. The highest BCUT2D eigenvalue weighted by atomic mass is 19.4. The van der Waals surface area contributed by atoms with E-state index in [2.05, 4.69) is 0 Å². The second-order valence-electron chi connectivity index (χ2n) is 3.78. The molecule has 0 aromatic heterocycles. The van der Waals surface area contributed by atoms with E-state index < -0.39 is 12.6 Å². The highest BCUT2D eigenvalue weighted by Gasteiger charge is 2.28. The van der Waals surface area contributed by atoms with Crippen molar-refractivity contribution in [2.45, 2.75) is 50.4 Å². The summed E-state index contributed by atoms with van der Waals surface area (Å²) in [6.07, 6.45) is -2.32. The van der Waals surface area contributed by atoms with E-state index >= 15 is 0 Å². The SMILES string of the molecule is NC(CCC(F)(F)F)CC1CCCO1. The Balaban J connectivity index is 2.12. The monoisotopic (exact) mass is 211 g/mol. The maximum absolute atomic E-state index is 11.8. The summed E-state index contributed by atoms with van der Waals surface area (Å²) in [6, 6.07) is -0.389. The van der Waals surface area contributed by atoms with Crippen LogP contribution < -0.4 is 5.73 Å². The van der Waals surface area contributed by atoms with E-state index in [0.717, 1.165) is 19.4 Å². The molecule has 0 radical (unpaired) electrons. The van der Waals surface area contributed by atoms with Gasteiger partial charge in [0, 0.05) is 19.1 Å². The van der Waals surface area contributed by atoms with Crippen LogP contribution in [-0.4, -0.2) is 24.9 Å². The lowest BCUT2D eigenvalue weighted by Crippen LogP contribution is -2.27. The fourth-order valence-corrected chi connectivity index (χ4v) is 1.63. The molecule has 0 bridgehead atoms. The average Bonchev–Trinajstić information content (AvgIpc) is 2.52. The van der Waals surface area contributed by atoms with Crippen molar-refractivity contribution in [3.8, 4) is 0 Å². The van der Waals surface area contributed by atoms with Gasteiger partial charge in [-0.1, -0.05) is 0 Å². The van der Waals surface area contributed by atoms with Gasteiger partial charge >= 0.3 is 6.18 Å². The van der Waals surface area contributed by atoms with Gasteiger partial charge in [0.05, 0.1) is 6.10 Å². The fourth-order valence-electron chi connectivity index (χ4n) is 1.63. The summed E-state index contributed by atoms with van der Waals surface area (Å²) in [6.45, 7) is 0.719. The molecule has 1 rings (SSSR count). The molecule has 0 aromatic rings. The van der Waals surface area contributed by atoms with Gasteiger partial charge in [0.15, 0.2) is 0 Å². The maximum atomic E-state index is 11.8. The fraction of sp³-hybridized carbons (Fsp3) is 1.00. The third kappa shape index (κ3) is 4.81. The molecule has 2 N–H and O–H groups in total. The number of ether oxygens (including phenoxy) is 1. The van der Waals surface area contributed by atoms with Gasteiger partial charge < -0.3 is 10.5 Å². The molecule has 1 fully saturated rings. The number of hydrogen-bond donors (Lipinski definition) is 1. The summed E-state index contributed by atoms with van der Waals surface area (Å²) in [5, 5.41) is 0. The quantitative estimate of drug-likeness (QED) is 0.773. The Kier molecular flexibility index (Phi) is 4.19. The number of alkyl halides is 3. The van der Waals surface area contributed by atoms with Crippen molar-refractivity contribution in [1.82, 2.24) is 0 Å². The van der Waals surface area contributed by atoms with E-state index in [1.165, 1.54) is 0 Å². The predicted molar refractivity (Wildman–Crippen MR) is 46.9 cm³/mol. The standard InChI is InChI=1S/C9H16F3NO/c10-9(11,12)4-3-7(13)6-8-2-1-5-14-8/h7-8H,1-6,13H2. The van der Waals surface area contributed by atoms with Crippen molar-refractivity contribution in [2.24, 2.45) is 5.73 Å². The summed E-state index contributed by atoms with van der Waals surface area (Å²) in [5.41, 5.74) is 5.58. The minimum atomic E-state index is -4.09. The Morgan fingerprint density at radius 3 is 2.64 bits per heavy atom. The molecule has 84 valence electrons. The smallest absolute Gasteiger partial charge is 0.378 e. The van der Waals surface area contributed by atoms with Gasteiger partial charge in [-0.25, -0.2) is 0 Å². The van der Waals surface area contributed by atoms with Crippen LogP contribution in [-0.2, 0) is 4.74 Å². The van der Waals surface area contributed by atoms with Crippen molar-refractivity contribution in [2.75, 3.05) is 6.61 Å². The molecule has 2 nitrogen and oxygen atoms in total. The molecule has 5 heteroatoms. The molecule has 2 unspecified atom stereocenters. The Bertz CT molecular complexity index is 166. The molecular formula is C9H16F3NO. The van der Waals surface area contributed by atoms with Gasteiger partial charge in [0.1, 0.15) is 0 Å². The van der Waals surface area contributed by atoms with E-state index in [4.69, 9.17) is 10.5 Å². The van der Waals surface area contributed by atoms with Crippen LogP contribution in [0.15, 0.2) is 0 Å². The zero-order valence-corrected chi connectivity index (χ0v) is 8.02. The van der Waals surface area contributed by atoms with E-state index in [-0.39, 0.29) is 18.6 Å². The van der Waals surface area contributed by atoms with Crippen molar-refractivity contribution in [3.05, 3.63) is 0 Å². The first-order chi connectivity index (χ1) is 6.47. The lowest BCUT2D eigenvalue weighted by molar-refractivity contribution is -0.136. The molecule has 1 aliphatic heterocycles. The molecular weight excluding hydrogens is 195 g/mol. The molecule has 0 saturated carbocycles. The first-order valence-corrected chi connectivity index (χ1v) is 4.91. The molecule has 1 heterocycles. The minimum Gasteiger partial charge on any atom is -0.378 e. The molecule has 14 heavy (non-hydrogen) atoms. The van der Waals surface area contributed by atoms with Crippen molar-refractivity contribution < 1.29 is 17.9 Å². The molecule has 1 saturated heterocycles. The van der Waals surface area contributed by atoms with E-state index in [1.54, 1.807) is 0 Å². The zero-order chi connectivity index (χ0) is 10.6. The first kappa shape index (κ1) is 11.8. The summed E-state index contributed by atoms with van der Waals surface area (Å²) in [4.78, 5) is 0. The Morgan fingerprint density at radius 2 is 2.14 bits per heavy atom. The van der Waals surface area contributed by atoms with Crippen molar-refractivity contribution in [3.63, 3.8) is 0 Å². The lowest BCUT2D eigenvalue weighted by Gasteiger charge is -2.16. The van der Waals surface area contributed by atoms with Crippen LogP contribution in [0.5, 0.6) is 0 Å². The number of hydrogen-bond acceptors (Lipinski definition) is 2. The minimum absolute atomic E-state index is 0.00333. The Morgan fingerprint density at radius 1 is 1.43 bits per heavy atom. The van der Waals surface area contributed by atoms with Crippen LogP contribution in [0.4, 0.5) is 13.2 Å². The van der Waals surface area contributed by atoms with Crippen LogP contribution >= 0.6 is 0 Å². The van der Waals surface area contributed by atoms with Gasteiger partial charge in [0.2, 0.25) is 0 Å². The Hall–Kier alpha value is -0.290. The van der Waals surface area contributed by atoms with E-state index in [9.17, 15) is 13.2 Å². The second kappa shape index (κ2) is 4.98. The Labute approximate surface area is 81.6 Å². The largest absolute Gasteiger partial charge is 0.389 e. The van der Waals surface area contributed by atoms with Crippen molar-refractivity contribution >= 4 is 0 Å². The topological polar surface area (TPSA) is 35.2 Å². The van der Waals surface area contributed by atoms with Gasteiger partial charge in [0.25, 0.3) is 0 Å². The average molecular weight is 211 g/mol. The zero-order valence-electron chi connectivity index (χ0n) is 8.02. The third-order valence-corrected chi connectivity index (χ3v) is 2.39. The molecule has 1 aliphatic rings. The third-order valence-electron chi connectivity index (χ3n) is 2.39. The molecule has 0 spiro atoms. The summed E-state index contributed by atoms with van der Waals surface area (Å²) in [7, 11) is 0. The molecule has 0 aromatic carbocycles. The van der Waals surface area contributed by atoms with Gasteiger partial charge in [-0.15, -0.1) is 0 Å². The van der Waals surface area contributed by atoms with E-state index in [1.807, 2.05) is 0 Å². The van der Waals surface area contributed by atoms with Crippen LogP contribution in [0.1, 0.15) is 32.1 Å². The summed E-state index contributed by atoms with van der Waals surface area (Å²) < 4.78 is 40.8. The van der Waals surface area contributed by atoms with Crippen LogP contribution in [0.25, 0.3) is 0 Å². The number of rotatable bonds is 4. The second-order valence-corrected chi connectivity index (χ2v) is 3.78. The van der Waals surface area contributed by atoms with E-state index in [0.29, 0.717) is 6.42 Å². The lowest BCUT2D eigenvalue weighted by atomic mass is 10.0. The maximum Gasteiger partial charge on any atom is 0.389 e.